The van der Waals surface area contributed by atoms with Crippen LogP contribution in [-0.2, 0) is 27.9 Å². The van der Waals surface area contributed by atoms with Crippen LogP contribution in [-0.4, -0.2) is 44.1 Å². The van der Waals surface area contributed by atoms with Crippen molar-refractivity contribution in [1.82, 2.24) is 10.2 Å². The van der Waals surface area contributed by atoms with Crippen LogP contribution in [0.2, 0.25) is 0 Å². The second-order valence-corrected chi connectivity index (χ2v) is 11.5. The van der Waals surface area contributed by atoms with Gasteiger partial charge in [0, 0.05) is 30.7 Å². The van der Waals surface area contributed by atoms with Crippen molar-refractivity contribution in [3.8, 4) is 11.8 Å². The highest BCUT2D eigenvalue weighted by atomic mass is 32.2. The Hall–Kier alpha value is -3.15. The Morgan fingerprint density at radius 1 is 1.17 bits per heavy atom. The zero-order chi connectivity index (χ0) is 25.8. The highest BCUT2D eigenvalue weighted by Gasteiger charge is 2.34. The summed E-state index contributed by atoms with van der Waals surface area (Å²) in [6.07, 6.45) is 7.94. The molecule has 36 heavy (non-hydrogen) atoms. The molecule has 1 heterocycles. The summed E-state index contributed by atoms with van der Waals surface area (Å²) >= 11 is 0. The molecule has 1 N–H and O–H groups in total. The monoisotopic (exact) mass is 507 g/mol. The van der Waals surface area contributed by atoms with Crippen molar-refractivity contribution in [3.05, 3.63) is 71.3 Å². The number of benzene rings is 2. The van der Waals surface area contributed by atoms with Gasteiger partial charge in [-0.1, -0.05) is 44.0 Å². The molecule has 190 valence electrons. The van der Waals surface area contributed by atoms with Crippen molar-refractivity contribution >= 4 is 21.6 Å². The maximum absolute atomic E-state index is 13.3. The van der Waals surface area contributed by atoms with Gasteiger partial charge in [-0.2, -0.15) is 13.7 Å². The first kappa shape index (κ1) is 25.9. The van der Waals surface area contributed by atoms with E-state index in [1.807, 2.05) is 12.1 Å². The summed E-state index contributed by atoms with van der Waals surface area (Å²) in [4.78, 5) is 15.7. The van der Waals surface area contributed by atoms with Gasteiger partial charge in [-0.3, -0.25) is 9.69 Å². The standard InChI is InChI=1S/C28H33N3O4S/c1-21(23-7-6-8-26(18-23)35-36(2,33)34)27(32)30-28(12-4-3-5-13-28)14-16-31-15-11-24-17-22(19-29)9-10-25(24)20-31/h6-10,17-18H,1,3-5,11-16,20H2,2H3,(H,30,32). The van der Waals surface area contributed by atoms with Crippen LogP contribution in [0, 0.1) is 11.3 Å². The van der Waals surface area contributed by atoms with Gasteiger partial charge in [0.05, 0.1) is 17.9 Å². The van der Waals surface area contributed by atoms with E-state index < -0.39 is 10.1 Å². The molecular weight excluding hydrogens is 474 g/mol. The van der Waals surface area contributed by atoms with Crippen molar-refractivity contribution in [1.29, 1.82) is 5.26 Å². The summed E-state index contributed by atoms with van der Waals surface area (Å²) in [6.45, 7) is 6.66. The van der Waals surface area contributed by atoms with Crippen LogP contribution < -0.4 is 9.50 Å². The number of carbonyl (C=O) groups excluding carboxylic acids is 1. The second-order valence-electron chi connectivity index (χ2n) is 9.96. The number of fused-ring (bicyclic) bond motifs is 1. The highest BCUT2D eigenvalue weighted by molar-refractivity contribution is 7.86. The number of nitrogens with one attached hydrogen (secondary N) is 1. The van der Waals surface area contributed by atoms with Gasteiger partial charge in [-0.05, 0) is 66.6 Å². The van der Waals surface area contributed by atoms with Crippen LogP contribution in [0.1, 0.15) is 60.8 Å². The molecule has 2 aliphatic rings. The van der Waals surface area contributed by atoms with Crippen molar-refractivity contribution in [2.75, 3.05) is 19.3 Å². The Bertz CT molecular complexity index is 1290. The number of hydrogen-bond donors (Lipinski definition) is 1. The van der Waals surface area contributed by atoms with Gasteiger partial charge >= 0.3 is 10.1 Å². The van der Waals surface area contributed by atoms with E-state index in [1.165, 1.54) is 29.7 Å². The molecule has 1 saturated carbocycles. The molecular formula is C28H33N3O4S. The Labute approximate surface area is 213 Å². The number of hydrogen-bond acceptors (Lipinski definition) is 6. The normalized spacial score (nSPS) is 17.4. The summed E-state index contributed by atoms with van der Waals surface area (Å²) in [5, 5.41) is 12.5. The van der Waals surface area contributed by atoms with Gasteiger partial charge in [-0.15, -0.1) is 0 Å². The topological polar surface area (TPSA) is 99.5 Å². The van der Waals surface area contributed by atoms with Crippen LogP contribution in [0.15, 0.2) is 49.0 Å². The minimum atomic E-state index is -3.66. The SMILES string of the molecule is C=C(C(=O)NC1(CCN2CCc3cc(C#N)ccc3C2)CCCCC1)c1cccc(OS(C)(=O)=O)c1. The number of carbonyl (C=O) groups is 1. The fourth-order valence-electron chi connectivity index (χ4n) is 5.27. The number of rotatable bonds is 8. The minimum Gasteiger partial charge on any atom is -0.383 e. The van der Waals surface area contributed by atoms with Crippen molar-refractivity contribution in [2.45, 2.75) is 57.0 Å². The summed E-state index contributed by atoms with van der Waals surface area (Å²) in [7, 11) is -3.66. The quantitative estimate of drug-likeness (QED) is 0.425. The van der Waals surface area contributed by atoms with Crippen molar-refractivity contribution in [3.63, 3.8) is 0 Å². The van der Waals surface area contributed by atoms with Crippen LogP contribution in [0.3, 0.4) is 0 Å². The van der Waals surface area contributed by atoms with E-state index in [0.717, 1.165) is 64.4 Å². The lowest BCUT2D eigenvalue weighted by Crippen LogP contribution is -2.51. The number of nitrogens with zero attached hydrogens (tertiary/aromatic N) is 2. The van der Waals surface area contributed by atoms with E-state index in [0.29, 0.717) is 16.7 Å². The van der Waals surface area contributed by atoms with Gasteiger partial charge in [0.15, 0.2) is 0 Å². The molecule has 1 aliphatic carbocycles. The molecule has 1 fully saturated rings. The summed E-state index contributed by atoms with van der Waals surface area (Å²) in [5.41, 5.74) is 3.77. The van der Waals surface area contributed by atoms with Crippen LogP contribution in [0.25, 0.3) is 5.57 Å². The first-order chi connectivity index (χ1) is 17.2. The molecule has 0 aromatic heterocycles. The molecule has 0 radical (unpaired) electrons. The lowest BCUT2D eigenvalue weighted by molar-refractivity contribution is -0.118. The van der Waals surface area contributed by atoms with Gasteiger partial charge < -0.3 is 9.50 Å². The Balaban J connectivity index is 1.42. The zero-order valence-corrected chi connectivity index (χ0v) is 21.6. The lowest BCUT2D eigenvalue weighted by atomic mass is 9.78. The third-order valence-electron chi connectivity index (χ3n) is 7.23. The first-order valence-electron chi connectivity index (χ1n) is 12.4. The fraction of sp³-hybridized carbons (Fsp3) is 0.429. The van der Waals surface area contributed by atoms with Gasteiger partial charge in [0.2, 0.25) is 0 Å². The number of nitriles is 1. The summed E-state index contributed by atoms with van der Waals surface area (Å²) in [6, 6.07) is 14.6. The van der Waals surface area contributed by atoms with Crippen LogP contribution in [0.5, 0.6) is 5.75 Å². The average molecular weight is 508 g/mol. The smallest absolute Gasteiger partial charge is 0.306 e. The molecule has 8 heteroatoms. The van der Waals surface area contributed by atoms with E-state index >= 15 is 0 Å². The predicted octanol–water partition coefficient (Wildman–Crippen LogP) is 4.18. The average Bonchev–Trinajstić information content (AvgIpc) is 2.86. The number of amides is 1. The molecule has 1 amide bonds. The first-order valence-corrected chi connectivity index (χ1v) is 14.2. The Morgan fingerprint density at radius 2 is 1.94 bits per heavy atom. The zero-order valence-electron chi connectivity index (χ0n) is 20.8. The second kappa shape index (κ2) is 10.9. The molecule has 0 spiro atoms. The molecule has 1 aliphatic heterocycles. The lowest BCUT2D eigenvalue weighted by Gasteiger charge is -2.40. The molecule has 0 unspecified atom stereocenters. The Kier molecular flexibility index (Phi) is 7.82. The van der Waals surface area contributed by atoms with Gasteiger partial charge in [0.1, 0.15) is 5.75 Å². The fourth-order valence-corrected chi connectivity index (χ4v) is 5.72. The van der Waals surface area contributed by atoms with Gasteiger partial charge in [0.25, 0.3) is 5.91 Å². The maximum Gasteiger partial charge on any atom is 0.306 e. The van der Waals surface area contributed by atoms with Crippen molar-refractivity contribution < 1.29 is 17.4 Å². The van der Waals surface area contributed by atoms with Crippen LogP contribution >= 0.6 is 0 Å². The van der Waals surface area contributed by atoms with Gasteiger partial charge in [-0.25, -0.2) is 0 Å². The molecule has 2 aromatic carbocycles. The summed E-state index contributed by atoms with van der Waals surface area (Å²) < 4.78 is 27.9. The molecule has 7 nitrogen and oxygen atoms in total. The molecule has 0 bridgehead atoms. The maximum atomic E-state index is 13.3. The largest absolute Gasteiger partial charge is 0.383 e. The Morgan fingerprint density at radius 3 is 2.67 bits per heavy atom. The van der Waals surface area contributed by atoms with Crippen molar-refractivity contribution in [2.24, 2.45) is 0 Å². The highest BCUT2D eigenvalue weighted by Crippen LogP contribution is 2.33. The minimum absolute atomic E-state index is 0.156. The third kappa shape index (κ3) is 6.54. The third-order valence-corrected chi connectivity index (χ3v) is 7.72. The predicted molar refractivity (Wildman–Crippen MR) is 140 cm³/mol. The van der Waals surface area contributed by atoms with E-state index in [9.17, 15) is 13.2 Å². The molecule has 0 atom stereocenters. The van der Waals surface area contributed by atoms with E-state index in [-0.39, 0.29) is 17.2 Å². The molecule has 0 saturated heterocycles. The van der Waals surface area contributed by atoms with Crippen LogP contribution in [0.4, 0.5) is 0 Å². The summed E-state index contributed by atoms with van der Waals surface area (Å²) in [5.74, 6) is -0.0787. The molecule has 4 rings (SSSR count). The van der Waals surface area contributed by atoms with E-state index in [2.05, 4.69) is 28.9 Å². The molecule has 2 aromatic rings. The van der Waals surface area contributed by atoms with E-state index in [4.69, 9.17) is 9.44 Å². The van der Waals surface area contributed by atoms with E-state index in [1.54, 1.807) is 12.1 Å².